The molecule has 0 aliphatic rings. The Labute approximate surface area is 167 Å². The molecule has 0 fully saturated rings. The van der Waals surface area contributed by atoms with Crippen LogP contribution in [0.3, 0.4) is 0 Å². The minimum atomic E-state index is -0.476. The van der Waals surface area contributed by atoms with Crippen molar-refractivity contribution in [1.29, 1.82) is 0 Å². The average molecular weight is 394 g/mol. The Morgan fingerprint density at radius 1 is 1.21 bits per heavy atom. The van der Waals surface area contributed by atoms with Gasteiger partial charge in [-0.3, -0.25) is 14.9 Å². The maximum absolute atomic E-state index is 13.2. The van der Waals surface area contributed by atoms with Gasteiger partial charge in [0.25, 0.3) is 11.6 Å². The Kier molecular flexibility index (Phi) is 6.30. The molecule has 0 saturated heterocycles. The van der Waals surface area contributed by atoms with Gasteiger partial charge in [-0.05, 0) is 31.5 Å². The second kappa shape index (κ2) is 9.07. The number of rotatable bonds is 8. The van der Waals surface area contributed by atoms with Crippen LogP contribution in [0.5, 0.6) is 0 Å². The summed E-state index contributed by atoms with van der Waals surface area (Å²) in [5.41, 5.74) is 7.78. The molecule has 9 nitrogen and oxygen atoms in total. The van der Waals surface area contributed by atoms with E-state index < -0.39 is 4.92 Å². The standard InChI is InChI=1S/C20H22N6O3/c1-15-19(22-23-25(15)17-9-5-10-18(13-17)26(28)29)20(27)24(12-6-11-21)14-16-7-3-2-4-8-16/h2-5,7-10,13H,6,11-12,14,21H2,1H3. The SMILES string of the molecule is Cc1c(C(=O)N(CCCN)Cc2ccccc2)nnn1-c1cccc([N+](=O)[O-])c1. The summed E-state index contributed by atoms with van der Waals surface area (Å²) in [4.78, 5) is 25.4. The topological polar surface area (TPSA) is 120 Å². The van der Waals surface area contributed by atoms with Crippen molar-refractivity contribution in [2.75, 3.05) is 13.1 Å². The zero-order chi connectivity index (χ0) is 20.8. The number of aromatic nitrogens is 3. The predicted octanol–water partition coefficient (Wildman–Crippen LogP) is 2.48. The van der Waals surface area contributed by atoms with Crippen LogP contribution in [0.4, 0.5) is 5.69 Å². The van der Waals surface area contributed by atoms with Gasteiger partial charge in [0.15, 0.2) is 5.69 Å². The van der Waals surface area contributed by atoms with E-state index in [2.05, 4.69) is 10.3 Å². The number of amides is 1. The van der Waals surface area contributed by atoms with Crippen molar-refractivity contribution in [3.05, 3.63) is 81.7 Å². The molecular formula is C20H22N6O3. The number of nitrogens with zero attached hydrogens (tertiary/aromatic N) is 5. The molecule has 0 unspecified atom stereocenters. The van der Waals surface area contributed by atoms with E-state index in [4.69, 9.17) is 5.73 Å². The fourth-order valence-electron chi connectivity index (χ4n) is 3.00. The zero-order valence-corrected chi connectivity index (χ0v) is 16.1. The summed E-state index contributed by atoms with van der Waals surface area (Å²) >= 11 is 0. The lowest BCUT2D eigenvalue weighted by atomic mass is 10.2. The van der Waals surface area contributed by atoms with E-state index in [0.29, 0.717) is 37.4 Å². The molecule has 150 valence electrons. The van der Waals surface area contributed by atoms with Gasteiger partial charge in [-0.15, -0.1) is 5.10 Å². The lowest BCUT2D eigenvalue weighted by Gasteiger charge is -2.22. The number of carbonyl (C=O) groups is 1. The second-order valence-corrected chi connectivity index (χ2v) is 6.57. The van der Waals surface area contributed by atoms with Crippen molar-refractivity contribution in [2.45, 2.75) is 19.9 Å². The number of hydrogen-bond donors (Lipinski definition) is 1. The summed E-state index contributed by atoms with van der Waals surface area (Å²) in [6, 6.07) is 15.7. The fourth-order valence-corrected chi connectivity index (χ4v) is 3.00. The highest BCUT2D eigenvalue weighted by Gasteiger charge is 2.23. The smallest absolute Gasteiger partial charge is 0.276 e. The van der Waals surface area contributed by atoms with Crippen LogP contribution in [0.1, 0.15) is 28.2 Å². The van der Waals surface area contributed by atoms with Crippen LogP contribution >= 0.6 is 0 Å². The van der Waals surface area contributed by atoms with Crippen LogP contribution < -0.4 is 5.73 Å². The molecule has 0 aliphatic carbocycles. The summed E-state index contributed by atoms with van der Waals surface area (Å²) in [7, 11) is 0. The third kappa shape index (κ3) is 4.64. The first-order valence-corrected chi connectivity index (χ1v) is 9.21. The molecule has 0 saturated carbocycles. The minimum absolute atomic E-state index is 0.0565. The largest absolute Gasteiger partial charge is 0.333 e. The van der Waals surface area contributed by atoms with Crippen molar-refractivity contribution >= 4 is 11.6 Å². The molecule has 9 heteroatoms. The van der Waals surface area contributed by atoms with E-state index in [1.165, 1.54) is 16.8 Å². The first-order valence-electron chi connectivity index (χ1n) is 9.21. The lowest BCUT2D eigenvalue weighted by Crippen LogP contribution is -2.33. The second-order valence-electron chi connectivity index (χ2n) is 6.57. The van der Waals surface area contributed by atoms with Crippen LogP contribution in [-0.2, 0) is 6.54 Å². The summed E-state index contributed by atoms with van der Waals surface area (Å²) < 4.78 is 1.43. The average Bonchev–Trinajstić information content (AvgIpc) is 3.12. The van der Waals surface area contributed by atoms with Gasteiger partial charge < -0.3 is 10.6 Å². The van der Waals surface area contributed by atoms with E-state index in [9.17, 15) is 14.9 Å². The normalized spacial score (nSPS) is 10.7. The molecule has 3 aromatic rings. The number of non-ortho nitro benzene ring substituents is 1. The molecule has 1 heterocycles. The summed E-state index contributed by atoms with van der Waals surface area (Å²) in [6.07, 6.45) is 0.663. The van der Waals surface area contributed by atoms with Gasteiger partial charge in [-0.25, -0.2) is 4.68 Å². The molecule has 0 radical (unpaired) electrons. The maximum atomic E-state index is 13.2. The lowest BCUT2D eigenvalue weighted by molar-refractivity contribution is -0.384. The highest BCUT2D eigenvalue weighted by Crippen LogP contribution is 2.19. The Morgan fingerprint density at radius 2 is 1.97 bits per heavy atom. The molecule has 2 N–H and O–H groups in total. The molecule has 0 bridgehead atoms. The van der Waals surface area contributed by atoms with Gasteiger partial charge in [0, 0.05) is 25.2 Å². The van der Waals surface area contributed by atoms with Gasteiger partial charge in [-0.1, -0.05) is 41.6 Å². The number of nitrogens with two attached hydrogens (primary N) is 1. The fraction of sp³-hybridized carbons (Fsp3) is 0.250. The molecule has 1 aromatic heterocycles. The van der Waals surface area contributed by atoms with Crippen LogP contribution in [0.15, 0.2) is 54.6 Å². The van der Waals surface area contributed by atoms with E-state index in [0.717, 1.165) is 5.56 Å². The Bertz CT molecular complexity index is 1000. The monoisotopic (exact) mass is 394 g/mol. The third-order valence-corrected chi connectivity index (χ3v) is 4.52. The molecule has 0 aliphatic heterocycles. The first kappa shape index (κ1) is 20.2. The Balaban J connectivity index is 1.89. The van der Waals surface area contributed by atoms with Crippen molar-refractivity contribution in [3.8, 4) is 5.69 Å². The molecule has 29 heavy (non-hydrogen) atoms. The van der Waals surface area contributed by atoms with Crippen LogP contribution in [0.25, 0.3) is 5.69 Å². The summed E-state index contributed by atoms with van der Waals surface area (Å²) in [5, 5.41) is 19.1. The van der Waals surface area contributed by atoms with Crippen LogP contribution in [-0.4, -0.2) is 43.8 Å². The van der Waals surface area contributed by atoms with Crippen molar-refractivity contribution in [3.63, 3.8) is 0 Å². The van der Waals surface area contributed by atoms with Gasteiger partial charge >= 0.3 is 0 Å². The highest BCUT2D eigenvalue weighted by molar-refractivity contribution is 5.93. The number of hydrogen-bond acceptors (Lipinski definition) is 6. The minimum Gasteiger partial charge on any atom is -0.333 e. The Morgan fingerprint density at radius 3 is 2.66 bits per heavy atom. The van der Waals surface area contributed by atoms with Crippen LogP contribution in [0, 0.1) is 17.0 Å². The molecule has 0 atom stereocenters. The zero-order valence-electron chi connectivity index (χ0n) is 16.1. The summed E-state index contributed by atoms with van der Waals surface area (Å²) in [6.45, 7) is 3.11. The molecule has 2 aromatic carbocycles. The quantitative estimate of drug-likeness (QED) is 0.463. The van der Waals surface area contributed by atoms with Crippen molar-refractivity contribution < 1.29 is 9.72 Å². The maximum Gasteiger partial charge on any atom is 0.276 e. The molecule has 0 spiro atoms. The van der Waals surface area contributed by atoms with Gasteiger partial charge in [0.05, 0.1) is 16.3 Å². The van der Waals surface area contributed by atoms with Gasteiger partial charge in [0.1, 0.15) is 0 Å². The van der Waals surface area contributed by atoms with E-state index in [1.807, 2.05) is 30.3 Å². The highest BCUT2D eigenvalue weighted by atomic mass is 16.6. The van der Waals surface area contributed by atoms with Crippen LogP contribution in [0.2, 0.25) is 0 Å². The first-order chi connectivity index (χ1) is 14.0. The van der Waals surface area contributed by atoms with Gasteiger partial charge in [-0.2, -0.15) is 0 Å². The van der Waals surface area contributed by atoms with Crippen molar-refractivity contribution in [1.82, 2.24) is 19.9 Å². The third-order valence-electron chi connectivity index (χ3n) is 4.52. The number of carbonyl (C=O) groups excluding carboxylic acids is 1. The molecule has 3 rings (SSSR count). The van der Waals surface area contributed by atoms with E-state index in [1.54, 1.807) is 24.0 Å². The molecule has 1 amide bonds. The molecular weight excluding hydrogens is 372 g/mol. The van der Waals surface area contributed by atoms with E-state index >= 15 is 0 Å². The van der Waals surface area contributed by atoms with Crippen molar-refractivity contribution in [2.24, 2.45) is 5.73 Å². The Hall–Kier alpha value is -3.59. The van der Waals surface area contributed by atoms with Gasteiger partial charge in [0.2, 0.25) is 0 Å². The summed E-state index contributed by atoms with van der Waals surface area (Å²) in [5.74, 6) is -0.253. The predicted molar refractivity (Wildman–Crippen MR) is 108 cm³/mol. The van der Waals surface area contributed by atoms with E-state index in [-0.39, 0.29) is 17.3 Å². The number of benzene rings is 2. The number of nitro benzene ring substituents is 1. The number of nitro groups is 1.